The molecule has 1 aromatic carbocycles. The second kappa shape index (κ2) is 5.34. The number of hydrogen-bond donors (Lipinski definition) is 1. The standard InChI is InChI=1S/C15H18N4/c1-2-3-4-5-11-6-7-13-12(8-11)9-16-15(13)14-10-17-19-18-14/h6-8,10H,2-5,9H2,1H3,(H,17,18,19). The third-order valence-corrected chi connectivity index (χ3v) is 3.56. The number of H-pyrrole nitrogens is 1. The fourth-order valence-electron chi connectivity index (χ4n) is 2.53. The molecule has 0 radical (unpaired) electrons. The van der Waals surface area contributed by atoms with E-state index in [2.05, 4.69) is 45.5 Å². The minimum atomic E-state index is 0.763. The van der Waals surface area contributed by atoms with Crippen LogP contribution in [0.15, 0.2) is 29.4 Å². The highest BCUT2D eigenvalue weighted by Gasteiger charge is 2.19. The molecule has 2 aromatic rings. The van der Waals surface area contributed by atoms with Gasteiger partial charge in [-0.3, -0.25) is 4.99 Å². The van der Waals surface area contributed by atoms with Gasteiger partial charge in [0.15, 0.2) is 0 Å². The van der Waals surface area contributed by atoms with Gasteiger partial charge in [0.05, 0.1) is 18.5 Å². The third-order valence-electron chi connectivity index (χ3n) is 3.56. The summed E-state index contributed by atoms with van der Waals surface area (Å²) in [5.41, 5.74) is 5.73. The highest BCUT2D eigenvalue weighted by molar-refractivity contribution is 6.13. The first-order valence-electron chi connectivity index (χ1n) is 6.91. The summed E-state index contributed by atoms with van der Waals surface area (Å²) in [5.74, 6) is 0. The molecular formula is C15H18N4. The molecule has 0 fully saturated rings. The summed E-state index contributed by atoms with van der Waals surface area (Å²) in [6.07, 6.45) is 6.73. The first-order valence-corrected chi connectivity index (χ1v) is 6.91. The van der Waals surface area contributed by atoms with Crippen molar-refractivity contribution in [3.8, 4) is 0 Å². The van der Waals surface area contributed by atoms with Gasteiger partial charge < -0.3 is 0 Å². The predicted molar refractivity (Wildman–Crippen MR) is 75.4 cm³/mol. The second-order valence-corrected chi connectivity index (χ2v) is 4.97. The molecule has 0 saturated heterocycles. The van der Waals surface area contributed by atoms with Crippen molar-refractivity contribution in [1.82, 2.24) is 15.4 Å². The largest absolute Gasteiger partial charge is 0.278 e. The molecular weight excluding hydrogens is 236 g/mol. The van der Waals surface area contributed by atoms with Crippen molar-refractivity contribution in [2.24, 2.45) is 4.99 Å². The van der Waals surface area contributed by atoms with Gasteiger partial charge >= 0.3 is 0 Å². The first kappa shape index (κ1) is 12.1. The Balaban J connectivity index is 1.79. The van der Waals surface area contributed by atoms with E-state index in [1.807, 2.05) is 0 Å². The zero-order chi connectivity index (χ0) is 13.1. The maximum atomic E-state index is 4.58. The van der Waals surface area contributed by atoms with Gasteiger partial charge in [-0.1, -0.05) is 38.0 Å². The predicted octanol–water partition coefficient (Wildman–Crippen LogP) is 2.89. The molecule has 4 heteroatoms. The van der Waals surface area contributed by atoms with Gasteiger partial charge in [-0.15, -0.1) is 0 Å². The van der Waals surface area contributed by atoms with E-state index in [-0.39, 0.29) is 0 Å². The van der Waals surface area contributed by atoms with Crippen LogP contribution in [0.3, 0.4) is 0 Å². The van der Waals surface area contributed by atoms with Crippen LogP contribution in [0, 0.1) is 0 Å². The summed E-state index contributed by atoms with van der Waals surface area (Å²) in [5, 5.41) is 10.6. The van der Waals surface area contributed by atoms with Gasteiger partial charge in [-0.25, -0.2) is 0 Å². The van der Waals surface area contributed by atoms with E-state index in [0.29, 0.717) is 0 Å². The van der Waals surface area contributed by atoms with Crippen molar-refractivity contribution < 1.29 is 0 Å². The summed E-state index contributed by atoms with van der Waals surface area (Å²) < 4.78 is 0. The monoisotopic (exact) mass is 254 g/mol. The zero-order valence-corrected chi connectivity index (χ0v) is 11.2. The Labute approximate surface area is 113 Å². The molecule has 0 amide bonds. The number of benzene rings is 1. The lowest BCUT2D eigenvalue weighted by Crippen LogP contribution is -2.02. The normalized spacial score (nSPS) is 13.4. The van der Waals surface area contributed by atoms with Gasteiger partial charge in [0.2, 0.25) is 0 Å². The van der Waals surface area contributed by atoms with Gasteiger partial charge in [-0.05, 0) is 24.0 Å². The number of hydrogen-bond acceptors (Lipinski definition) is 3. The fraction of sp³-hybridized carbons (Fsp3) is 0.400. The Morgan fingerprint density at radius 2 is 2.21 bits per heavy atom. The molecule has 19 heavy (non-hydrogen) atoms. The van der Waals surface area contributed by atoms with E-state index in [1.165, 1.54) is 42.4 Å². The van der Waals surface area contributed by atoms with Crippen molar-refractivity contribution in [2.75, 3.05) is 0 Å². The summed E-state index contributed by atoms with van der Waals surface area (Å²) in [6.45, 7) is 3.00. The van der Waals surface area contributed by atoms with Crippen molar-refractivity contribution in [3.05, 3.63) is 46.8 Å². The molecule has 2 heterocycles. The molecule has 0 aliphatic carbocycles. The highest BCUT2D eigenvalue weighted by Crippen LogP contribution is 2.23. The smallest absolute Gasteiger partial charge is 0.131 e. The quantitative estimate of drug-likeness (QED) is 0.834. The van der Waals surface area contributed by atoms with E-state index >= 15 is 0 Å². The lowest BCUT2D eigenvalue weighted by molar-refractivity contribution is 0.717. The van der Waals surface area contributed by atoms with Crippen LogP contribution in [0.5, 0.6) is 0 Å². The molecule has 1 aromatic heterocycles. The molecule has 0 atom stereocenters. The van der Waals surface area contributed by atoms with E-state index in [9.17, 15) is 0 Å². The van der Waals surface area contributed by atoms with Crippen LogP contribution >= 0.6 is 0 Å². The molecule has 3 rings (SSSR count). The number of fused-ring (bicyclic) bond motifs is 1. The topological polar surface area (TPSA) is 53.9 Å². The van der Waals surface area contributed by atoms with Gasteiger partial charge in [-0.2, -0.15) is 15.4 Å². The third kappa shape index (κ3) is 2.43. The number of nitrogens with zero attached hydrogens (tertiary/aromatic N) is 3. The van der Waals surface area contributed by atoms with Gasteiger partial charge in [0, 0.05) is 5.56 Å². The number of aromatic amines is 1. The Morgan fingerprint density at radius 3 is 3.00 bits per heavy atom. The van der Waals surface area contributed by atoms with Crippen LogP contribution < -0.4 is 0 Å². The fourth-order valence-corrected chi connectivity index (χ4v) is 2.53. The van der Waals surface area contributed by atoms with Crippen molar-refractivity contribution in [2.45, 2.75) is 39.2 Å². The number of aliphatic imine (C=N–C) groups is 1. The lowest BCUT2D eigenvalue weighted by Gasteiger charge is -2.05. The number of nitrogens with one attached hydrogen (secondary N) is 1. The van der Waals surface area contributed by atoms with Crippen LogP contribution in [0.4, 0.5) is 0 Å². The van der Waals surface area contributed by atoms with Gasteiger partial charge in [0.25, 0.3) is 0 Å². The van der Waals surface area contributed by atoms with Crippen LogP contribution in [0.2, 0.25) is 0 Å². The highest BCUT2D eigenvalue weighted by atomic mass is 15.3. The Bertz CT molecular complexity index is 584. The SMILES string of the molecule is CCCCCc1ccc2c(c1)CN=C2c1cn[nH]n1. The van der Waals surface area contributed by atoms with Crippen LogP contribution in [-0.4, -0.2) is 21.1 Å². The first-order chi connectivity index (χ1) is 9.38. The van der Waals surface area contributed by atoms with E-state index in [4.69, 9.17) is 0 Å². The summed E-state index contributed by atoms with van der Waals surface area (Å²) in [4.78, 5) is 4.58. The Morgan fingerprint density at radius 1 is 1.26 bits per heavy atom. The molecule has 98 valence electrons. The van der Waals surface area contributed by atoms with Crippen molar-refractivity contribution in [3.63, 3.8) is 0 Å². The summed E-state index contributed by atoms with van der Waals surface area (Å²) >= 11 is 0. The van der Waals surface area contributed by atoms with E-state index in [1.54, 1.807) is 6.20 Å². The van der Waals surface area contributed by atoms with Crippen LogP contribution in [0.25, 0.3) is 0 Å². The number of aryl methyl sites for hydroxylation is 1. The van der Waals surface area contributed by atoms with Crippen LogP contribution in [-0.2, 0) is 13.0 Å². The van der Waals surface area contributed by atoms with Gasteiger partial charge in [0.1, 0.15) is 5.69 Å². The molecule has 0 saturated carbocycles. The average Bonchev–Trinajstić information content (AvgIpc) is 3.07. The lowest BCUT2D eigenvalue weighted by atomic mass is 9.99. The van der Waals surface area contributed by atoms with Crippen molar-refractivity contribution >= 4 is 5.71 Å². The molecule has 1 aliphatic heterocycles. The maximum Gasteiger partial charge on any atom is 0.131 e. The molecule has 0 unspecified atom stereocenters. The van der Waals surface area contributed by atoms with E-state index in [0.717, 1.165) is 18.0 Å². The molecule has 1 aliphatic rings. The average molecular weight is 254 g/mol. The summed E-state index contributed by atoms with van der Waals surface area (Å²) in [6, 6.07) is 6.69. The molecule has 1 N–H and O–H groups in total. The van der Waals surface area contributed by atoms with E-state index < -0.39 is 0 Å². The van der Waals surface area contributed by atoms with Crippen LogP contribution in [0.1, 0.15) is 48.6 Å². The molecule has 4 nitrogen and oxygen atoms in total. The Hall–Kier alpha value is -1.97. The van der Waals surface area contributed by atoms with Crippen molar-refractivity contribution in [1.29, 1.82) is 0 Å². The minimum Gasteiger partial charge on any atom is -0.278 e. The Kier molecular flexibility index (Phi) is 3.40. The molecule has 0 bridgehead atoms. The number of unbranched alkanes of at least 4 members (excludes halogenated alkanes) is 2. The number of rotatable bonds is 5. The maximum absolute atomic E-state index is 4.58. The molecule has 0 spiro atoms. The summed E-state index contributed by atoms with van der Waals surface area (Å²) in [7, 11) is 0. The number of aromatic nitrogens is 3. The zero-order valence-electron chi connectivity index (χ0n) is 11.2. The minimum absolute atomic E-state index is 0.763. The second-order valence-electron chi connectivity index (χ2n) is 4.97.